The molecule has 0 aromatic carbocycles. The summed E-state index contributed by atoms with van der Waals surface area (Å²) in [5, 5.41) is 0. The van der Waals surface area contributed by atoms with E-state index < -0.39 is 5.60 Å². The van der Waals surface area contributed by atoms with Crippen LogP contribution >= 0.6 is 0 Å². The maximum absolute atomic E-state index is 6.20. The van der Waals surface area contributed by atoms with Crippen LogP contribution < -0.4 is 10.6 Å². The molecular formula is C19H26N6O3. The fraction of sp³-hybridized carbons (Fsp3) is 0.579. The molecule has 1 saturated heterocycles. The fourth-order valence-corrected chi connectivity index (χ4v) is 3.69. The minimum Gasteiger partial charge on any atom is -0.385 e. The number of fused-ring (bicyclic) bond motifs is 1. The highest BCUT2D eigenvalue weighted by Crippen LogP contribution is 2.42. The van der Waals surface area contributed by atoms with Crippen LogP contribution in [0.4, 0.5) is 11.8 Å². The lowest BCUT2D eigenvalue weighted by molar-refractivity contribution is -0.0448. The summed E-state index contributed by atoms with van der Waals surface area (Å²) >= 11 is 0. The van der Waals surface area contributed by atoms with Gasteiger partial charge in [0.2, 0.25) is 5.95 Å². The Hall–Kier alpha value is -2.36. The van der Waals surface area contributed by atoms with Crippen LogP contribution in [0.3, 0.4) is 0 Å². The number of morpholine rings is 1. The zero-order chi connectivity index (χ0) is 19.7. The maximum Gasteiger partial charge on any atom is 0.219 e. The summed E-state index contributed by atoms with van der Waals surface area (Å²) < 4.78 is 17.1. The molecule has 2 N–H and O–H groups in total. The normalized spacial score (nSPS) is 24.4. The Labute approximate surface area is 164 Å². The van der Waals surface area contributed by atoms with Crippen LogP contribution in [-0.4, -0.2) is 59.5 Å². The highest BCUT2D eigenvalue weighted by atomic mass is 16.5. The minimum atomic E-state index is -0.526. The van der Waals surface area contributed by atoms with E-state index in [2.05, 4.69) is 28.7 Å². The van der Waals surface area contributed by atoms with Gasteiger partial charge in [0.15, 0.2) is 5.82 Å². The second-order valence-electron chi connectivity index (χ2n) is 7.41. The Morgan fingerprint density at radius 1 is 1.32 bits per heavy atom. The van der Waals surface area contributed by atoms with Crippen molar-refractivity contribution in [1.29, 1.82) is 0 Å². The molecule has 2 aliphatic heterocycles. The third-order valence-corrected chi connectivity index (χ3v) is 5.37. The Balaban J connectivity index is 1.83. The number of nitrogens with zero attached hydrogens (tertiary/aromatic N) is 5. The largest absolute Gasteiger partial charge is 0.385 e. The van der Waals surface area contributed by atoms with E-state index in [0.717, 1.165) is 29.2 Å². The number of ether oxygens (including phenoxy) is 3. The van der Waals surface area contributed by atoms with Crippen LogP contribution in [0.2, 0.25) is 0 Å². The van der Waals surface area contributed by atoms with Gasteiger partial charge in [-0.2, -0.15) is 0 Å². The molecule has 0 amide bonds. The molecule has 4 rings (SSSR count). The van der Waals surface area contributed by atoms with Crippen molar-refractivity contribution in [3.8, 4) is 11.4 Å². The smallest absolute Gasteiger partial charge is 0.219 e. The van der Waals surface area contributed by atoms with E-state index in [-0.39, 0.29) is 12.0 Å². The summed E-state index contributed by atoms with van der Waals surface area (Å²) in [6, 6.07) is 0.217. The molecule has 0 bridgehead atoms. The van der Waals surface area contributed by atoms with Crippen LogP contribution in [0, 0.1) is 0 Å². The minimum absolute atomic E-state index is 0.217. The van der Waals surface area contributed by atoms with E-state index in [1.54, 1.807) is 19.5 Å². The number of anilines is 2. The van der Waals surface area contributed by atoms with E-state index >= 15 is 0 Å². The number of hydrogen-bond donors (Lipinski definition) is 1. The number of methoxy groups -OCH3 is 1. The molecule has 1 fully saturated rings. The first-order chi connectivity index (χ1) is 13.5. The molecular weight excluding hydrogens is 360 g/mol. The highest BCUT2D eigenvalue weighted by molar-refractivity contribution is 5.61. The highest BCUT2D eigenvalue weighted by Gasteiger charge is 2.41. The Kier molecular flexibility index (Phi) is 5.13. The molecule has 0 spiro atoms. The zero-order valence-corrected chi connectivity index (χ0v) is 16.5. The molecule has 2 unspecified atom stereocenters. The SMILES string of the molecule is COCCC1(C)OCc2c(N3CCOCC3C)nc(-c3cnc(N)nc3)nc21. The summed E-state index contributed by atoms with van der Waals surface area (Å²) in [4.78, 5) is 20.2. The van der Waals surface area contributed by atoms with Gasteiger partial charge in [-0.05, 0) is 13.8 Å². The van der Waals surface area contributed by atoms with Gasteiger partial charge in [0.1, 0.15) is 11.4 Å². The molecule has 2 atom stereocenters. The molecule has 0 aliphatic carbocycles. The molecule has 0 saturated carbocycles. The quantitative estimate of drug-likeness (QED) is 0.818. The second kappa shape index (κ2) is 7.57. The third kappa shape index (κ3) is 3.41. The number of hydrogen-bond acceptors (Lipinski definition) is 9. The Morgan fingerprint density at radius 3 is 2.82 bits per heavy atom. The standard InChI is InChI=1S/C19H26N6O3/c1-12-10-27-7-5-25(12)17-14-11-28-19(2,4-6-26-3)15(14)23-16(24-17)13-8-21-18(20)22-9-13/h8-9,12H,4-7,10-11H2,1-3H3,(H2,20,21,22). The van der Waals surface area contributed by atoms with Gasteiger partial charge < -0.3 is 24.8 Å². The van der Waals surface area contributed by atoms with Crippen molar-refractivity contribution >= 4 is 11.8 Å². The van der Waals surface area contributed by atoms with Crippen molar-refractivity contribution in [3.05, 3.63) is 23.7 Å². The van der Waals surface area contributed by atoms with Crippen LogP contribution in [0.5, 0.6) is 0 Å². The van der Waals surface area contributed by atoms with Crippen LogP contribution in [0.25, 0.3) is 11.4 Å². The van der Waals surface area contributed by atoms with Crippen LogP contribution in [0.1, 0.15) is 31.5 Å². The average molecular weight is 386 g/mol. The van der Waals surface area contributed by atoms with Crippen molar-refractivity contribution < 1.29 is 14.2 Å². The number of nitrogens with two attached hydrogens (primary N) is 1. The van der Waals surface area contributed by atoms with Gasteiger partial charge >= 0.3 is 0 Å². The third-order valence-electron chi connectivity index (χ3n) is 5.37. The topological polar surface area (TPSA) is 109 Å². The van der Waals surface area contributed by atoms with Crippen LogP contribution in [-0.2, 0) is 26.4 Å². The van der Waals surface area contributed by atoms with E-state index in [9.17, 15) is 0 Å². The van der Waals surface area contributed by atoms with Gasteiger partial charge in [0, 0.05) is 44.6 Å². The summed E-state index contributed by atoms with van der Waals surface area (Å²) in [6.07, 6.45) is 4.01. The van der Waals surface area contributed by atoms with Gasteiger partial charge in [-0.25, -0.2) is 19.9 Å². The molecule has 9 heteroatoms. The molecule has 2 aromatic heterocycles. The van der Waals surface area contributed by atoms with Crippen molar-refractivity contribution in [3.63, 3.8) is 0 Å². The van der Waals surface area contributed by atoms with E-state index in [1.165, 1.54) is 0 Å². The number of nitrogen functional groups attached to an aromatic ring is 1. The molecule has 150 valence electrons. The van der Waals surface area contributed by atoms with Crippen LogP contribution in [0.15, 0.2) is 12.4 Å². The fourth-order valence-electron chi connectivity index (χ4n) is 3.69. The van der Waals surface area contributed by atoms with Crippen molar-refractivity contribution in [2.24, 2.45) is 0 Å². The first kappa shape index (κ1) is 19.0. The molecule has 9 nitrogen and oxygen atoms in total. The lowest BCUT2D eigenvalue weighted by atomic mass is 9.96. The Morgan fingerprint density at radius 2 is 2.11 bits per heavy atom. The summed E-state index contributed by atoms with van der Waals surface area (Å²) in [7, 11) is 1.69. The summed E-state index contributed by atoms with van der Waals surface area (Å²) in [5.74, 6) is 1.69. The zero-order valence-electron chi connectivity index (χ0n) is 16.5. The van der Waals surface area contributed by atoms with Gasteiger partial charge in [0.25, 0.3) is 0 Å². The lowest BCUT2D eigenvalue weighted by Gasteiger charge is -2.35. The number of aromatic nitrogens is 4. The van der Waals surface area contributed by atoms with Crippen molar-refractivity contribution in [2.45, 2.75) is 38.5 Å². The Bertz CT molecular complexity index is 846. The second-order valence-corrected chi connectivity index (χ2v) is 7.41. The molecule has 0 radical (unpaired) electrons. The first-order valence-electron chi connectivity index (χ1n) is 9.48. The van der Waals surface area contributed by atoms with Gasteiger partial charge in [0.05, 0.1) is 37.1 Å². The monoisotopic (exact) mass is 386 g/mol. The molecule has 28 heavy (non-hydrogen) atoms. The first-order valence-corrected chi connectivity index (χ1v) is 9.48. The van der Waals surface area contributed by atoms with Gasteiger partial charge in [-0.1, -0.05) is 0 Å². The van der Waals surface area contributed by atoms with E-state index in [0.29, 0.717) is 38.7 Å². The predicted molar refractivity (Wildman–Crippen MR) is 104 cm³/mol. The molecule has 2 aromatic rings. The lowest BCUT2D eigenvalue weighted by Crippen LogP contribution is -2.44. The van der Waals surface area contributed by atoms with E-state index in [1.807, 2.05) is 0 Å². The average Bonchev–Trinajstić information content (AvgIpc) is 3.04. The summed E-state index contributed by atoms with van der Waals surface area (Å²) in [5.41, 5.74) is 7.77. The molecule has 2 aliphatic rings. The van der Waals surface area contributed by atoms with Gasteiger partial charge in [-0.3, -0.25) is 0 Å². The number of rotatable bonds is 5. The molecule has 4 heterocycles. The summed E-state index contributed by atoms with van der Waals surface area (Å²) in [6.45, 7) is 7.38. The predicted octanol–water partition coefficient (Wildman–Crippen LogP) is 1.52. The maximum atomic E-state index is 6.20. The van der Waals surface area contributed by atoms with E-state index in [4.69, 9.17) is 29.9 Å². The van der Waals surface area contributed by atoms with Crippen molar-refractivity contribution in [1.82, 2.24) is 19.9 Å². The van der Waals surface area contributed by atoms with Crippen molar-refractivity contribution in [2.75, 3.05) is 44.1 Å². The van der Waals surface area contributed by atoms with Gasteiger partial charge in [-0.15, -0.1) is 0 Å².